The van der Waals surface area contributed by atoms with Gasteiger partial charge in [-0.3, -0.25) is 19.7 Å². The molecule has 0 bridgehead atoms. The summed E-state index contributed by atoms with van der Waals surface area (Å²) in [6.45, 7) is 5.29. The van der Waals surface area contributed by atoms with Crippen LogP contribution in [0.3, 0.4) is 0 Å². The van der Waals surface area contributed by atoms with E-state index in [1.54, 1.807) is 6.92 Å². The number of benzene rings is 1. The molecule has 1 saturated heterocycles. The van der Waals surface area contributed by atoms with Gasteiger partial charge in [-0.2, -0.15) is 0 Å². The lowest BCUT2D eigenvalue weighted by atomic mass is 10.1. The number of rotatable bonds is 6. The molecule has 27 heavy (non-hydrogen) atoms. The number of carbonyl (C=O) groups is 4. The molecule has 1 aromatic rings. The first-order valence-electron chi connectivity index (χ1n) is 8.94. The molecule has 2 N–H and O–H groups in total. The van der Waals surface area contributed by atoms with E-state index in [2.05, 4.69) is 10.6 Å². The van der Waals surface area contributed by atoms with Crippen LogP contribution in [0.1, 0.15) is 32.3 Å². The minimum absolute atomic E-state index is 0.0306. The van der Waals surface area contributed by atoms with Gasteiger partial charge in [-0.05, 0) is 32.4 Å². The molecular weight excluding hydrogens is 350 g/mol. The van der Waals surface area contributed by atoms with Crippen molar-refractivity contribution in [2.75, 3.05) is 18.1 Å². The summed E-state index contributed by atoms with van der Waals surface area (Å²) in [7, 11) is 0. The molecule has 146 valence electrons. The second-order valence-electron chi connectivity index (χ2n) is 6.68. The number of hydrogen-bond donors (Lipinski definition) is 2. The van der Waals surface area contributed by atoms with Crippen LogP contribution in [0.2, 0.25) is 0 Å². The van der Waals surface area contributed by atoms with Crippen LogP contribution in [-0.2, 0) is 19.1 Å². The van der Waals surface area contributed by atoms with Crippen LogP contribution in [-0.4, -0.2) is 43.0 Å². The van der Waals surface area contributed by atoms with Crippen LogP contribution in [0.5, 0.6) is 0 Å². The van der Waals surface area contributed by atoms with Crippen molar-refractivity contribution >= 4 is 29.5 Å². The summed E-state index contributed by atoms with van der Waals surface area (Å²) in [6.07, 6.45) is 0.757. The Morgan fingerprint density at radius 3 is 2.56 bits per heavy atom. The molecule has 0 spiro atoms. The van der Waals surface area contributed by atoms with E-state index in [4.69, 9.17) is 4.74 Å². The molecule has 1 aliphatic rings. The number of nitrogens with zero attached hydrogens (tertiary/aromatic N) is 1. The standard InChI is InChI=1S/C19H25N3O5/c1-4-13(3)20-19(26)21-16(23)11-27-18(25)14-9-17(24)22(10-14)15-7-5-12(2)6-8-15/h5-8,13-14H,4,9-11H2,1-3H3,(H2,20,21,23,26)/t13-,14+/m1/s1. The number of ether oxygens (including phenoxy) is 1. The minimum Gasteiger partial charge on any atom is -0.455 e. The summed E-state index contributed by atoms with van der Waals surface area (Å²) in [6, 6.07) is 6.73. The molecule has 4 amide bonds. The molecule has 2 rings (SSSR count). The van der Waals surface area contributed by atoms with E-state index in [9.17, 15) is 19.2 Å². The lowest BCUT2D eigenvalue weighted by molar-refractivity contribution is -0.152. The number of urea groups is 1. The fourth-order valence-corrected chi connectivity index (χ4v) is 2.62. The maximum atomic E-state index is 12.2. The second kappa shape index (κ2) is 9.16. The van der Waals surface area contributed by atoms with E-state index in [0.717, 1.165) is 17.7 Å². The number of esters is 1. The number of hydrogen-bond acceptors (Lipinski definition) is 5. The van der Waals surface area contributed by atoms with Gasteiger partial charge >= 0.3 is 12.0 Å². The van der Waals surface area contributed by atoms with Crippen LogP contribution in [0.4, 0.5) is 10.5 Å². The Labute approximate surface area is 158 Å². The van der Waals surface area contributed by atoms with Gasteiger partial charge in [0.05, 0.1) is 5.92 Å². The first-order valence-corrected chi connectivity index (χ1v) is 8.94. The Hall–Kier alpha value is -2.90. The van der Waals surface area contributed by atoms with Crippen molar-refractivity contribution in [2.45, 2.75) is 39.7 Å². The Balaban J connectivity index is 1.81. The molecule has 0 aromatic heterocycles. The Morgan fingerprint density at radius 1 is 1.26 bits per heavy atom. The quantitative estimate of drug-likeness (QED) is 0.734. The van der Waals surface area contributed by atoms with Crippen LogP contribution in [0, 0.1) is 12.8 Å². The Morgan fingerprint density at radius 2 is 1.93 bits per heavy atom. The van der Waals surface area contributed by atoms with Gasteiger partial charge in [-0.25, -0.2) is 4.79 Å². The molecule has 1 aliphatic heterocycles. The smallest absolute Gasteiger partial charge is 0.321 e. The van der Waals surface area contributed by atoms with Crippen molar-refractivity contribution < 1.29 is 23.9 Å². The molecule has 8 heteroatoms. The number of carbonyl (C=O) groups excluding carboxylic acids is 4. The number of imide groups is 1. The summed E-state index contributed by atoms with van der Waals surface area (Å²) in [4.78, 5) is 49.1. The molecular formula is C19H25N3O5. The molecule has 0 unspecified atom stereocenters. The maximum absolute atomic E-state index is 12.2. The van der Waals surface area contributed by atoms with Crippen LogP contribution >= 0.6 is 0 Å². The molecule has 0 radical (unpaired) electrons. The highest BCUT2D eigenvalue weighted by atomic mass is 16.5. The van der Waals surface area contributed by atoms with E-state index in [-0.39, 0.29) is 24.9 Å². The number of amides is 4. The number of nitrogens with one attached hydrogen (secondary N) is 2. The second-order valence-corrected chi connectivity index (χ2v) is 6.68. The molecule has 2 atom stereocenters. The minimum atomic E-state index is -0.719. The van der Waals surface area contributed by atoms with Crippen LogP contribution in [0.15, 0.2) is 24.3 Å². The molecule has 8 nitrogen and oxygen atoms in total. The van der Waals surface area contributed by atoms with Crippen molar-refractivity contribution in [2.24, 2.45) is 5.92 Å². The lowest BCUT2D eigenvalue weighted by Crippen LogP contribution is -2.44. The molecule has 0 saturated carbocycles. The summed E-state index contributed by atoms with van der Waals surface area (Å²) in [5.74, 6) is -2.15. The molecule has 1 aromatic carbocycles. The largest absolute Gasteiger partial charge is 0.455 e. The zero-order chi connectivity index (χ0) is 20.0. The predicted octanol–water partition coefficient (Wildman–Crippen LogP) is 1.52. The molecule has 0 aliphatic carbocycles. The predicted molar refractivity (Wildman–Crippen MR) is 99.0 cm³/mol. The number of anilines is 1. The van der Waals surface area contributed by atoms with Crippen molar-refractivity contribution in [1.29, 1.82) is 0 Å². The first-order chi connectivity index (χ1) is 12.8. The Kier molecular flexibility index (Phi) is 6.92. The normalized spacial score (nSPS) is 17.4. The van der Waals surface area contributed by atoms with Crippen molar-refractivity contribution in [1.82, 2.24) is 10.6 Å². The maximum Gasteiger partial charge on any atom is 0.321 e. The number of aryl methyl sites for hydroxylation is 1. The zero-order valence-electron chi connectivity index (χ0n) is 15.8. The summed E-state index contributed by atoms with van der Waals surface area (Å²) in [5, 5.41) is 4.67. The van der Waals surface area contributed by atoms with Crippen LogP contribution in [0.25, 0.3) is 0 Å². The van der Waals surface area contributed by atoms with Gasteiger partial charge in [0, 0.05) is 24.7 Å². The van der Waals surface area contributed by atoms with Gasteiger partial charge in [0.1, 0.15) is 0 Å². The van der Waals surface area contributed by atoms with Gasteiger partial charge < -0.3 is 15.0 Å². The molecule has 1 heterocycles. The van der Waals surface area contributed by atoms with Gasteiger partial charge in [-0.15, -0.1) is 0 Å². The average Bonchev–Trinajstić information content (AvgIpc) is 3.02. The monoisotopic (exact) mass is 375 g/mol. The van der Waals surface area contributed by atoms with Crippen LogP contribution < -0.4 is 15.5 Å². The fourth-order valence-electron chi connectivity index (χ4n) is 2.62. The third-order valence-corrected chi connectivity index (χ3v) is 4.39. The first kappa shape index (κ1) is 20.4. The van der Waals surface area contributed by atoms with Gasteiger partial charge in [-0.1, -0.05) is 24.6 Å². The third kappa shape index (κ3) is 5.80. The van der Waals surface area contributed by atoms with E-state index in [1.807, 2.05) is 38.1 Å². The van der Waals surface area contributed by atoms with Crippen molar-refractivity contribution in [3.63, 3.8) is 0 Å². The summed E-state index contributed by atoms with van der Waals surface area (Å²) >= 11 is 0. The SMILES string of the molecule is CC[C@@H](C)NC(=O)NC(=O)COC(=O)[C@H]1CC(=O)N(c2ccc(C)cc2)C1. The third-order valence-electron chi connectivity index (χ3n) is 4.39. The summed E-state index contributed by atoms with van der Waals surface area (Å²) in [5.41, 5.74) is 1.80. The highest BCUT2D eigenvalue weighted by Gasteiger charge is 2.36. The zero-order valence-corrected chi connectivity index (χ0v) is 15.8. The van der Waals surface area contributed by atoms with Crippen molar-refractivity contribution in [3.8, 4) is 0 Å². The lowest BCUT2D eigenvalue weighted by Gasteiger charge is -2.16. The van der Waals surface area contributed by atoms with Gasteiger partial charge in [0.25, 0.3) is 5.91 Å². The fraction of sp³-hybridized carbons (Fsp3) is 0.474. The van der Waals surface area contributed by atoms with Crippen molar-refractivity contribution in [3.05, 3.63) is 29.8 Å². The topological polar surface area (TPSA) is 105 Å². The highest BCUT2D eigenvalue weighted by Crippen LogP contribution is 2.26. The summed E-state index contributed by atoms with van der Waals surface area (Å²) < 4.78 is 4.96. The Bertz CT molecular complexity index is 717. The van der Waals surface area contributed by atoms with E-state index < -0.39 is 30.4 Å². The van der Waals surface area contributed by atoms with Gasteiger partial charge in [0.15, 0.2) is 6.61 Å². The van der Waals surface area contributed by atoms with E-state index in [0.29, 0.717) is 0 Å². The average molecular weight is 375 g/mol. The van der Waals surface area contributed by atoms with E-state index in [1.165, 1.54) is 4.90 Å². The highest BCUT2D eigenvalue weighted by molar-refractivity contribution is 6.00. The molecule has 1 fully saturated rings. The van der Waals surface area contributed by atoms with E-state index >= 15 is 0 Å². The van der Waals surface area contributed by atoms with Gasteiger partial charge in [0.2, 0.25) is 5.91 Å².